The molecule has 0 N–H and O–H groups in total. The molecule has 1 nitrogen and oxygen atoms in total. The molecule has 2 heteroatoms. The molecule has 0 bridgehead atoms. The lowest BCUT2D eigenvalue weighted by Crippen LogP contribution is -1.75. The Balaban J connectivity index is 2.25. The van der Waals surface area contributed by atoms with E-state index in [9.17, 15) is 4.79 Å². The van der Waals surface area contributed by atoms with Gasteiger partial charge >= 0.3 is 0 Å². The predicted octanol–water partition coefficient (Wildman–Crippen LogP) is 0.813. The van der Waals surface area contributed by atoms with Crippen molar-refractivity contribution in [3.8, 4) is 0 Å². The van der Waals surface area contributed by atoms with Gasteiger partial charge in [0, 0.05) is 11.3 Å². The highest BCUT2D eigenvalue weighted by atomic mass is 35.5. The molecular weight excluding hydrogens is 99.5 g/mol. The summed E-state index contributed by atoms with van der Waals surface area (Å²) in [7, 11) is 0. The van der Waals surface area contributed by atoms with Crippen LogP contribution < -0.4 is 0 Å². The van der Waals surface area contributed by atoms with Crippen LogP contribution in [-0.4, -0.2) is 11.7 Å². The predicted molar refractivity (Wildman–Crippen MR) is 23.8 cm³/mol. The van der Waals surface area contributed by atoms with Gasteiger partial charge in [-0.25, -0.2) is 0 Å². The third-order valence-corrected chi connectivity index (χ3v) is 1.44. The number of carbonyl (C=O) groups excluding carboxylic acids is 1. The third kappa shape index (κ3) is 0.548. The number of hydrogen-bond acceptors (Lipinski definition) is 1. The molecule has 0 aliphatic heterocycles. The molecule has 0 saturated heterocycles. The van der Waals surface area contributed by atoms with E-state index in [-0.39, 0.29) is 11.3 Å². The Kier molecular flexibility index (Phi) is 0.845. The minimum atomic E-state index is 0.169. The molecule has 0 unspecified atom stereocenters. The summed E-state index contributed by atoms with van der Waals surface area (Å²) in [5.74, 6) is 0.187. The maximum atomic E-state index is 9.69. The van der Waals surface area contributed by atoms with Gasteiger partial charge in [0.2, 0.25) is 0 Å². The molecule has 0 aromatic heterocycles. The van der Waals surface area contributed by atoms with Gasteiger partial charge in [-0.15, -0.1) is 11.6 Å². The van der Waals surface area contributed by atoms with E-state index in [4.69, 9.17) is 11.6 Å². The van der Waals surface area contributed by atoms with Crippen molar-refractivity contribution in [1.29, 1.82) is 0 Å². The highest BCUT2D eigenvalue weighted by Gasteiger charge is 2.34. The molecule has 0 aromatic carbocycles. The van der Waals surface area contributed by atoms with Crippen molar-refractivity contribution >= 4 is 17.9 Å². The van der Waals surface area contributed by atoms with Gasteiger partial charge in [-0.05, 0) is 6.42 Å². The van der Waals surface area contributed by atoms with Gasteiger partial charge in [0.25, 0.3) is 0 Å². The standard InChI is InChI=1S/C4H5ClO/c5-4-1-3(4)2-6/h2-4H,1H2/t3-,4-/m0/s1. The zero-order valence-corrected chi connectivity index (χ0v) is 3.98. The largest absolute Gasteiger partial charge is 0.303 e. The molecule has 1 aliphatic carbocycles. The summed E-state index contributed by atoms with van der Waals surface area (Å²) in [5.41, 5.74) is 0. The van der Waals surface area contributed by atoms with Crippen LogP contribution >= 0.6 is 11.6 Å². The van der Waals surface area contributed by atoms with Gasteiger partial charge in [-0.2, -0.15) is 0 Å². The van der Waals surface area contributed by atoms with Crippen LogP contribution in [0.1, 0.15) is 6.42 Å². The highest BCUT2D eigenvalue weighted by molar-refractivity contribution is 6.23. The van der Waals surface area contributed by atoms with E-state index in [2.05, 4.69) is 0 Å². The van der Waals surface area contributed by atoms with E-state index >= 15 is 0 Å². The summed E-state index contributed by atoms with van der Waals surface area (Å²) in [6.45, 7) is 0. The molecule has 1 fully saturated rings. The second kappa shape index (κ2) is 1.23. The minimum Gasteiger partial charge on any atom is -0.303 e. The van der Waals surface area contributed by atoms with Gasteiger partial charge in [-0.3, -0.25) is 0 Å². The van der Waals surface area contributed by atoms with Crippen LogP contribution in [0.5, 0.6) is 0 Å². The Hall–Kier alpha value is -0.0400. The molecule has 34 valence electrons. The summed E-state index contributed by atoms with van der Waals surface area (Å²) in [6.07, 6.45) is 1.81. The Bertz CT molecular complexity index is 71.9. The van der Waals surface area contributed by atoms with Crippen LogP contribution in [0.3, 0.4) is 0 Å². The molecule has 0 spiro atoms. The Labute approximate surface area is 41.3 Å². The summed E-state index contributed by atoms with van der Waals surface area (Å²) < 4.78 is 0. The molecule has 0 amide bonds. The van der Waals surface area contributed by atoms with Crippen molar-refractivity contribution < 1.29 is 4.79 Å². The minimum absolute atomic E-state index is 0.169. The Morgan fingerprint density at radius 2 is 2.33 bits per heavy atom. The normalized spacial score (nSPS) is 42.2. The Morgan fingerprint density at radius 1 is 1.83 bits per heavy atom. The van der Waals surface area contributed by atoms with Crippen molar-refractivity contribution in [2.45, 2.75) is 11.8 Å². The lowest BCUT2D eigenvalue weighted by atomic mass is 10.5. The van der Waals surface area contributed by atoms with E-state index < -0.39 is 0 Å². The fraction of sp³-hybridized carbons (Fsp3) is 0.750. The van der Waals surface area contributed by atoms with Gasteiger partial charge in [0.05, 0.1) is 0 Å². The SMILES string of the molecule is O=C[C@@H]1C[C@@H]1Cl. The van der Waals surface area contributed by atoms with E-state index in [1.54, 1.807) is 0 Å². The van der Waals surface area contributed by atoms with Crippen LogP contribution in [-0.2, 0) is 4.79 Å². The highest BCUT2D eigenvalue weighted by Crippen LogP contribution is 2.33. The number of halogens is 1. The first-order valence-electron chi connectivity index (χ1n) is 1.94. The van der Waals surface area contributed by atoms with Crippen molar-refractivity contribution in [2.24, 2.45) is 5.92 Å². The monoisotopic (exact) mass is 104 g/mol. The second-order valence-corrected chi connectivity index (χ2v) is 2.11. The zero-order chi connectivity index (χ0) is 4.57. The van der Waals surface area contributed by atoms with Crippen molar-refractivity contribution in [2.75, 3.05) is 0 Å². The van der Waals surface area contributed by atoms with Crippen LogP contribution in [0.15, 0.2) is 0 Å². The molecule has 1 rings (SSSR count). The van der Waals surface area contributed by atoms with E-state index in [0.29, 0.717) is 0 Å². The maximum absolute atomic E-state index is 9.69. The van der Waals surface area contributed by atoms with Gasteiger partial charge in [0.1, 0.15) is 6.29 Å². The molecule has 6 heavy (non-hydrogen) atoms. The quantitative estimate of drug-likeness (QED) is 0.356. The number of carbonyl (C=O) groups is 1. The van der Waals surface area contributed by atoms with E-state index in [1.165, 1.54) is 0 Å². The summed E-state index contributed by atoms with van der Waals surface area (Å²) >= 11 is 5.42. The van der Waals surface area contributed by atoms with Crippen molar-refractivity contribution in [3.05, 3.63) is 0 Å². The lowest BCUT2D eigenvalue weighted by molar-refractivity contribution is -0.108. The van der Waals surface area contributed by atoms with Crippen molar-refractivity contribution in [1.82, 2.24) is 0 Å². The summed E-state index contributed by atoms with van der Waals surface area (Å²) in [6, 6.07) is 0. The zero-order valence-electron chi connectivity index (χ0n) is 3.23. The molecule has 0 aromatic rings. The first kappa shape index (κ1) is 4.13. The number of rotatable bonds is 1. The average molecular weight is 105 g/mol. The maximum Gasteiger partial charge on any atom is 0.124 e. The van der Waals surface area contributed by atoms with Gasteiger partial charge in [0.15, 0.2) is 0 Å². The first-order chi connectivity index (χ1) is 2.84. The van der Waals surface area contributed by atoms with Gasteiger partial charge < -0.3 is 4.79 Å². The average Bonchev–Trinajstić information content (AvgIpc) is 2.19. The molecular formula is C4H5ClO. The summed E-state index contributed by atoms with van der Waals surface area (Å²) in [4.78, 5) is 9.69. The fourth-order valence-electron chi connectivity index (χ4n) is 0.322. The lowest BCUT2D eigenvalue weighted by Gasteiger charge is -1.65. The molecule has 0 heterocycles. The smallest absolute Gasteiger partial charge is 0.124 e. The van der Waals surface area contributed by atoms with Crippen LogP contribution in [0, 0.1) is 5.92 Å². The first-order valence-corrected chi connectivity index (χ1v) is 2.37. The van der Waals surface area contributed by atoms with Gasteiger partial charge in [-0.1, -0.05) is 0 Å². The van der Waals surface area contributed by atoms with E-state index in [0.717, 1.165) is 12.7 Å². The number of hydrogen-bond donors (Lipinski definition) is 0. The number of aldehydes is 1. The van der Waals surface area contributed by atoms with Crippen LogP contribution in [0.2, 0.25) is 0 Å². The third-order valence-electron chi connectivity index (χ3n) is 0.934. The Morgan fingerprint density at radius 3 is 2.33 bits per heavy atom. The molecule has 2 atom stereocenters. The molecule has 1 saturated carbocycles. The van der Waals surface area contributed by atoms with Crippen LogP contribution in [0.25, 0.3) is 0 Å². The molecule has 0 radical (unpaired) electrons. The number of alkyl halides is 1. The van der Waals surface area contributed by atoms with E-state index in [1.807, 2.05) is 0 Å². The second-order valence-electron chi connectivity index (χ2n) is 1.55. The summed E-state index contributed by atoms with van der Waals surface area (Å²) in [5, 5.41) is 0.169. The van der Waals surface area contributed by atoms with Crippen LogP contribution in [0.4, 0.5) is 0 Å². The fourth-order valence-corrected chi connectivity index (χ4v) is 0.587. The molecule has 1 aliphatic rings. The van der Waals surface area contributed by atoms with Crippen molar-refractivity contribution in [3.63, 3.8) is 0 Å². The topological polar surface area (TPSA) is 17.1 Å².